The number of ether oxygens (including phenoxy) is 1. The Balaban J connectivity index is 4.74. The Morgan fingerprint density at radius 1 is 1.00 bits per heavy atom. The van der Waals surface area contributed by atoms with Crippen molar-refractivity contribution >= 4 is 11.9 Å². The van der Waals surface area contributed by atoms with Crippen LogP contribution >= 0.6 is 0 Å². The molecule has 136 valence electrons. The summed E-state index contributed by atoms with van der Waals surface area (Å²) in [6.45, 7) is 13.7. The van der Waals surface area contributed by atoms with Crippen LogP contribution < -0.4 is 0 Å². The highest BCUT2D eigenvalue weighted by molar-refractivity contribution is 5.85. The molecule has 2 unspecified atom stereocenters. The number of nitrogens with zero attached hydrogens (tertiary/aromatic N) is 1. The van der Waals surface area contributed by atoms with E-state index in [-0.39, 0.29) is 18.0 Å². The Morgan fingerprint density at radius 3 is 2.04 bits per heavy atom. The Hall–Kier alpha value is -1.06. The van der Waals surface area contributed by atoms with Gasteiger partial charge in [0.1, 0.15) is 6.04 Å². The molecule has 0 heterocycles. The van der Waals surface area contributed by atoms with Gasteiger partial charge in [0.05, 0.1) is 6.10 Å². The summed E-state index contributed by atoms with van der Waals surface area (Å²) in [5.41, 5.74) is -0.394. The van der Waals surface area contributed by atoms with Gasteiger partial charge in [-0.15, -0.1) is 0 Å². The van der Waals surface area contributed by atoms with Crippen molar-refractivity contribution in [2.75, 3.05) is 0 Å². The highest BCUT2D eigenvalue weighted by Crippen LogP contribution is 2.21. The molecule has 2 atom stereocenters. The molecule has 0 rings (SSSR count). The number of carbonyl (C=O) groups is 2. The fraction of sp³-hybridized carbons (Fsp3) is 0.895. The molecule has 0 aromatic heterocycles. The number of carbonyl (C=O) groups excluding carboxylic acids is 2. The summed E-state index contributed by atoms with van der Waals surface area (Å²) in [5, 5.41) is 0. The van der Waals surface area contributed by atoms with E-state index in [4.69, 9.17) is 4.74 Å². The zero-order valence-corrected chi connectivity index (χ0v) is 16.3. The maximum Gasteiger partial charge on any atom is 0.328 e. The van der Waals surface area contributed by atoms with Crippen molar-refractivity contribution in [1.29, 1.82) is 0 Å². The quantitative estimate of drug-likeness (QED) is 0.431. The summed E-state index contributed by atoms with van der Waals surface area (Å²) in [5.74, 6) is -0.267. The minimum absolute atomic E-state index is 0.0441. The number of amides is 1. The van der Waals surface area contributed by atoms with Crippen LogP contribution in [0.15, 0.2) is 0 Å². The Kier molecular flexibility index (Phi) is 10.2. The third-order valence-corrected chi connectivity index (χ3v) is 4.11. The predicted octanol–water partition coefficient (Wildman–Crippen LogP) is 4.70. The molecule has 0 N–H and O–H groups in total. The van der Waals surface area contributed by atoms with E-state index in [0.29, 0.717) is 6.42 Å². The molecule has 0 aromatic rings. The zero-order chi connectivity index (χ0) is 18.0. The second kappa shape index (κ2) is 10.7. The average Bonchev–Trinajstić information content (AvgIpc) is 2.45. The van der Waals surface area contributed by atoms with Crippen molar-refractivity contribution in [2.24, 2.45) is 0 Å². The van der Waals surface area contributed by atoms with E-state index in [2.05, 4.69) is 6.92 Å². The van der Waals surface area contributed by atoms with Crippen LogP contribution in [0.5, 0.6) is 0 Å². The average molecular weight is 328 g/mol. The van der Waals surface area contributed by atoms with Crippen LogP contribution in [0.3, 0.4) is 0 Å². The molecule has 23 heavy (non-hydrogen) atoms. The van der Waals surface area contributed by atoms with Gasteiger partial charge in [0.25, 0.3) is 0 Å². The van der Waals surface area contributed by atoms with Crippen LogP contribution in [0.4, 0.5) is 0 Å². The molecule has 0 aliphatic rings. The van der Waals surface area contributed by atoms with Gasteiger partial charge in [-0.25, -0.2) is 4.79 Å². The topological polar surface area (TPSA) is 46.6 Å². The van der Waals surface area contributed by atoms with Gasteiger partial charge in [-0.05, 0) is 47.5 Å². The third-order valence-electron chi connectivity index (χ3n) is 4.11. The van der Waals surface area contributed by atoms with Gasteiger partial charge in [-0.1, -0.05) is 39.5 Å². The summed E-state index contributed by atoms with van der Waals surface area (Å²) >= 11 is 0. The van der Waals surface area contributed by atoms with Crippen LogP contribution in [-0.4, -0.2) is 34.5 Å². The van der Waals surface area contributed by atoms with Gasteiger partial charge in [0, 0.05) is 12.0 Å². The second-order valence-corrected chi connectivity index (χ2v) is 7.43. The van der Waals surface area contributed by atoms with Crippen molar-refractivity contribution in [2.45, 2.75) is 111 Å². The van der Waals surface area contributed by atoms with Crippen LogP contribution in [0.2, 0.25) is 0 Å². The summed E-state index contributed by atoms with van der Waals surface area (Å²) in [4.78, 5) is 26.6. The van der Waals surface area contributed by atoms with Gasteiger partial charge in [0.2, 0.25) is 5.91 Å². The number of unbranched alkanes of at least 4 members (excludes halogenated alkanes) is 4. The standard InChI is InChI=1S/C19H37NO3/c1-8-10-11-12-13-14-17(21)20(19(5,6)7)16(4)18(22)23-15(3)9-2/h15-16H,8-14H2,1-7H3. The van der Waals surface area contributed by atoms with Crippen LogP contribution in [-0.2, 0) is 14.3 Å². The van der Waals surface area contributed by atoms with Crippen molar-refractivity contribution in [1.82, 2.24) is 4.90 Å². The molecule has 0 saturated heterocycles. The van der Waals surface area contributed by atoms with Crippen molar-refractivity contribution < 1.29 is 14.3 Å². The largest absolute Gasteiger partial charge is 0.461 e. The van der Waals surface area contributed by atoms with Gasteiger partial charge < -0.3 is 9.64 Å². The van der Waals surface area contributed by atoms with E-state index < -0.39 is 11.6 Å². The molecule has 4 heteroatoms. The smallest absolute Gasteiger partial charge is 0.328 e. The van der Waals surface area contributed by atoms with E-state index >= 15 is 0 Å². The lowest BCUT2D eigenvalue weighted by atomic mass is 10.0. The van der Waals surface area contributed by atoms with Crippen LogP contribution in [0.1, 0.15) is 93.4 Å². The minimum Gasteiger partial charge on any atom is -0.461 e. The third kappa shape index (κ3) is 8.38. The number of hydrogen-bond donors (Lipinski definition) is 0. The predicted molar refractivity (Wildman–Crippen MR) is 95.3 cm³/mol. The Morgan fingerprint density at radius 2 is 1.57 bits per heavy atom. The van der Waals surface area contributed by atoms with Gasteiger partial charge in [-0.2, -0.15) is 0 Å². The molecule has 0 spiro atoms. The lowest BCUT2D eigenvalue weighted by Crippen LogP contribution is -2.54. The summed E-state index contributed by atoms with van der Waals surface area (Å²) < 4.78 is 5.41. The Labute approximate surface area is 143 Å². The Bertz CT molecular complexity index is 360. The number of esters is 1. The normalized spacial score (nSPS) is 14.2. The van der Waals surface area contributed by atoms with Crippen LogP contribution in [0.25, 0.3) is 0 Å². The summed E-state index contributed by atoms with van der Waals surface area (Å²) in [6.07, 6.45) is 6.71. The first kappa shape index (κ1) is 21.9. The fourth-order valence-electron chi connectivity index (χ4n) is 2.66. The molecule has 4 nitrogen and oxygen atoms in total. The van der Waals surface area contributed by atoms with Crippen molar-refractivity contribution in [3.05, 3.63) is 0 Å². The van der Waals surface area contributed by atoms with E-state index in [1.54, 1.807) is 11.8 Å². The second-order valence-electron chi connectivity index (χ2n) is 7.43. The van der Waals surface area contributed by atoms with E-state index in [1.807, 2.05) is 34.6 Å². The molecule has 0 saturated carbocycles. The molecule has 0 fully saturated rings. The van der Waals surface area contributed by atoms with Gasteiger partial charge in [-0.3, -0.25) is 4.79 Å². The first-order valence-electron chi connectivity index (χ1n) is 9.17. The molecule has 0 radical (unpaired) electrons. The molecular weight excluding hydrogens is 290 g/mol. The lowest BCUT2D eigenvalue weighted by molar-refractivity contribution is -0.162. The first-order valence-corrected chi connectivity index (χ1v) is 9.17. The van der Waals surface area contributed by atoms with Crippen LogP contribution in [0, 0.1) is 0 Å². The molecule has 0 aliphatic carbocycles. The molecule has 0 aromatic carbocycles. The summed E-state index contributed by atoms with van der Waals surface area (Å²) in [6, 6.07) is -0.549. The van der Waals surface area contributed by atoms with E-state index in [1.165, 1.54) is 19.3 Å². The van der Waals surface area contributed by atoms with E-state index in [0.717, 1.165) is 19.3 Å². The zero-order valence-electron chi connectivity index (χ0n) is 16.3. The van der Waals surface area contributed by atoms with Gasteiger partial charge in [0.15, 0.2) is 0 Å². The summed E-state index contributed by atoms with van der Waals surface area (Å²) in [7, 11) is 0. The lowest BCUT2D eigenvalue weighted by Gasteiger charge is -2.39. The first-order chi connectivity index (χ1) is 10.6. The highest BCUT2D eigenvalue weighted by Gasteiger charge is 2.35. The monoisotopic (exact) mass is 327 g/mol. The highest BCUT2D eigenvalue weighted by atomic mass is 16.5. The van der Waals surface area contributed by atoms with Gasteiger partial charge >= 0.3 is 5.97 Å². The SMILES string of the molecule is CCCCCCCC(=O)N(C(C)C(=O)OC(C)CC)C(C)(C)C. The van der Waals surface area contributed by atoms with Crippen molar-refractivity contribution in [3.63, 3.8) is 0 Å². The minimum atomic E-state index is -0.549. The number of hydrogen-bond acceptors (Lipinski definition) is 3. The number of rotatable bonds is 10. The fourth-order valence-corrected chi connectivity index (χ4v) is 2.66. The van der Waals surface area contributed by atoms with E-state index in [9.17, 15) is 9.59 Å². The molecule has 1 amide bonds. The maximum atomic E-state index is 12.6. The maximum absolute atomic E-state index is 12.6. The molecule has 0 bridgehead atoms. The molecular formula is C19H37NO3. The molecule has 0 aliphatic heterocycles. The van der Waals surface area contributed by atoms with Crippen molar-refractivity contribution in [3.8, 4) is 0 Å².